The quantitative estimate of drug-likeness (QED) is 0.219. The van der Waals surface area contributed by atoms with Crippen molar-refractivity contribution in [3.05, 3.63) is 88.9 Å². The number of halogens is 1. The smallest absolute Gasteiger partial charge is 0.308 e. The van der Waals surface area contributed by atoms with E-state index in [0.717, 1.165) is 4.31 Å². The van der Waals surface area contributed by atoms with Crippen molar-refractivity contribution in [2.75, 3.05) is 10.8 Å². The van der Waals surface area contributed by atoms with Crippen molar-refractivity contribution in [2.45, 2.75) is 18.7 Å². The maximum absolute atomic E-state index is 13.4. The van der Waals surface area contributed by atoms with Crippen molar-refractivity contribution in [1.29, 1.82) is 0 Å². The van der Waals surface area contributed by atoms with Crippen LogP contribution in [0.3, 0.4) is 0 Å². The Morgan fingerprint density at radius 3 is 2.35 bits per heavy atom. The molecular weight excluding hydrogens is 478 g/mol. The van der Waals surface area contributed by atoms with Crippen LogP contribution in [-0.4, -0.2) is 33.1 Å². The lowest BCUT2D eigenvalue weighted by molar-refractivity contribution is -0.131. The predicted octanol–water partition coefficient (Wildman–Crippen LogP) is 3.92. The van der Waals surface area contributed by atoms with Gasteiger partial charge in [0.05, 0.1) is 16.8 Å². The Balaban J connectivity index is 1.80. The standard InChI is InChI=1S/C24H22ClN3O5S/c1-17-22(25)9-6-10-23(17)28(34(31,32)21-7-4-3-5-8-21)16-24(30)27-26-15-19-11-13-20(14-12-19)33-18(2)29/h3-15H,16H2,1-2H3,(H,27,30)/b26-15-. The van der Waals surface area contributed by atoms with Crippen LogP contribution in [0.15, 0.2) is 82.8 Å². The number of carbonyl (C=O) groups is 2. The summed E-state index contributed by atoms with van der Waals surface area (Å²) in [6, 6.07) is 19.1. The Morgan fingerprint density at radius 2 is 1.71 bits per heavy atom. The van der Waals surface area contributed by atoms with Gasteiger partial charge in [0.2, 0.25) is 0 Å². The predicted molar refractivity (Wildman–Crippen MR) is 131 cm³/mol. The zero-order valence-electron chi connectivity index (χ0n) is 18.4. The van der Waals surface area contributed by atoms with E-state index in [1.54, 1.807) is 67.6 Å². The first-order chi connectivity index (χ1) is 16.2. The molecule has 0 spiro atoms. The highest BCUT2D eigenvalue weighted by molar-refractivity contribution is 7.92. The van der Waals surface area contributed by atoms with E-state index in [2.05, 4.69) is 10.5 Å². The van der Waals surface area contributed by atoms with E-state index in [1.165, 1.54) is 25.3 Å². The van der Waals surface area contributed by atoms with Gasteiger partial charge in [-0.25, -0.2) is 13.8 Å². The van der Waals surface area contributed by atoms with Crippen LogP contribution >= 0.6 is 11.6 Å². The fourth-order valence-corrected chi connectivity index (χ4v) is 4.69. The number of carbonyl (C=O) groups excluding carboxylic acids is 2. The average molecular weight is 500 g/mol. The van der Waals surface area contributed by atoms with Gasteiger partial charge in [-0.05, 0) is 66.6 Å². The van der Waals surface area contributed by atoms with Crippen LogP contribution in [0.1, 0.15) is 18.1 Å². The normalized spacial score (nSPS) is 11.3. The highest BCUT2D eigenvalue weighted by Gasteiger charge is 2.28. The summed E-state index contributed by atoms with van der Waals surface area (Å²) in [7, 11) is -4.06. The number of hydrazone groups is 1. The second kappa shape index (κ2) is 11.0. The fourth-order valence-electron chi connectivity index (χ4n) is 3.02. The molecule has 0 atom stereocenters. The van der Waals surface area contributed by atoms with Gasteiger partial charge in [0.25, 0.3) is 15.9 Å². The summed E-state index contributed by atoms with van der Waals surface area (Å²) in [5, 5.41) is 4.27. The van der Waals surface area contributed by atoms with Gasteiger partial charge in [-0.15, -0.1) is 0 Å². The summed E-state index contributed by atoms with van der Waals surface area (Å²) in [5.74, 6) is -0.697. The molecule has 0 saturated carbocycles. The lowest BCUT2D eigenvalue weighted by Crippen LogP contribution is -2.40. The summed E-state index contributed by atoms with van der Waals surface area (Å²) in [6.45, 7) is 2.47. The molecule has 34 heavy (non-hydrogen) atoms. The molecule has 8 nitrogen and oxygen atoms in total. The number of hydrogen-bond acceptors (Lipinski definition) is 6. The van der Waals surface area contributed by atoms with Crippen LogP contribution in [0, 0.1) is 6.92 Å². The molecule has 0 aliphatic rings. The molecule has 1 amide bonds. The van der Waals surface area contributed by atoms with E-state index in [4.69, 9.17) is 16.3 Å². The Morgan fingerprint density at radius 1 is 1.03 bits per heavy atom. The third-order valence-electron chi connectivity index (χ3n) is 4.67. The van der Waals surface area contributed by atoms with Gasteiger partial charge in [0.1, 0.15) is 12.3 Å². The third-order valence-corrected chi connectivity index (χ3v) is 6.85. The number of esters is 1. The fraction of sp³-hybridized carbons (Fsp3) is 0.125. The summed E-state index contributed by atoms with van der Waals surface area (Å²) in [6.07, 6.45) is 1.39. The van der Waals surface area contributed by atoms with Gasteiger partial charge >= 0.3 is 5.97 Å². The molecule has 0 fully saturated rings. The van der Waals surface area contributed by atoms with E-state index in [-0.39, 0.29) is 10.6 Å². The van der Waals surface area contributed by atoms with Crippen LogP contribution in [0.25, 0.3) is 0 Å². The number of hydrogen-bond donors (Lipinski definition) is 1. The Kier molecular flexibility index (Phi) is 8.04. The number of ether oxygens (including phenoxy) is 1. The molecule has 3 aromatic rings. The molecule has 0 aliphatic carbocycles. The van der Waals surface area contributed by atoms with Gasteiger partial charge in [-0.3, -0.25) is 13.9 Å². The summed E-state index contributed by atoms with van der Waals surface area (Å²) in [4.78, 5) is 23.7. The average Bonchev–Trinajstić information content (AvgIpc) is 2.81. The molecule has 10 heteroatoms. The molecule has 0 saturated heterocycles. The molecule has 0 aromatic heterocycles. The zero-order valence-corrected chi connectivity index (χ0v) is 20.0. The van der Waals surface area contributed by atoms with Crippen molar-refractivity contribution >= 4 is 45.4 Å². The highest BCUT2D eigenvalue weighted by Crippen LogP contribution is 2.30. The van der Waals surface area contributed by atoms with Crippen LogP contribution in [-0.2, 0) is 19.6 Å². The van der Waals surface area contributed by atoms with Crippen LogP contribution in [0.2, 0.25) is 5.02 Å². The zero-order chi connectivity index (χ0) is 24.7. The van der Waals surface area contributed by atoms with E-state index >= 15 is 0 Å². The molecule has 176 valence electrons. The highest BCUT2D eigenvalue weighted by atomic mass is 35.5. The Hall–Kier alpha value is -3.69. The van der Waals surface area contributed by atoms with Gasteiger partial charge < -0.3 is 4.74 Å². The molecule has 3 aromatic carbocycles. The first-order valence-corrected chi connectivity index (χ1v) is 11.9. The lowest BCUT2D eigenvalue weighted by atomic mass is 10.2. The largest absolute Gasteiger partial charge is 0.427 e. The van der Waals surface area contributed by atoms with Crippen molar-refractivity contribution in [2.24, 2.45) is 5.10 Å². The number of amides is 1. The molecule has 0 aliphatic heterocycles. The van der Waals surface area contributed by atoms with Gasteiger partial charge in [-0.1, -0.05) is 35.9 Å². The van der Waals surface area contributed by atoms with Crippen LogP contribution in [0.5, 0.6) is 5.75 Å². The molecule has 0 unspecified atom stereocenters. The van der Waals surface area contributed by atoms with Crippen molar-refractivity contribution < 1.29 is 22.7 Å². The maximum atomic E-state index is 13.4. The SMILES string of the molecule is CC(=O)Oc1ccc(/C=N\NC(=O)CN(c2cccc(Cl)c2C)S(=O)(=O)c2ccccc2)cc1. The molecule has 1 N–H and O–H groups in total. The minimum Gasteiger partial charge on any atom is -0.427 e. The van der Waals surface area contributed by atoms with Crippen molar-refractivity contribution in [3.63, 3.8) is 0 Å². The molecule has 3 rings (SSSR count). The topological polar surface area (TPSA) is 105 Å². The van der Waals surface area contributed by atoms with Crippen LogP contribution < -0.4 is 14.5 Å². The summed E-state index contributed by atoms with van der Waals surface area (Å²) < 4.78 is 32.7. The minimum absolute atomic E-state index is 0.0403. The number of rotatable bonds is 8. The Bertz CT molecular complexity index is 1310. The van der Waals surface area contributed by atoms with Gasteiger partial charge in [-0.2, -0.15) is 5.10 Å². The van der Waals surface area contributed by atoms with Crippen molar-refractivity contribution in [3.8, 4) is 5.75 Å². The second-order valence-corrected chi connectivity index (χ2v) is 9.43. The van der Waals surface area contributed by atoms with E-state index in [9.17, 15) is 18.0 Å². The molecule has 0 radical (unpaired) electrons. The number of sulfonamides is 1. The second-order valence-electron chi connectivity index (χ2n) is 7.16. The van der Waals surface area contributed by atoms with E-state index < -0.39 is 28.4 Å². The van der Waals surface area contributed by atoms with E-state index in [0.29, 0.717) is 21.9 Å². The number of nitrogens with one attached hydrogen (secondary N) is 1. The van der Waals surface area contributed by atoms with Gasteiger partial charge in [0, 0.05) is 11.9 Å². The summed E-state index contributed by atoms with van der Waals surface area (Å²) in [5.41, 5.74) is 3.79. The summed E-state index contributed by atoms with van der Waals surface area (Å²) >= 11 is 6.21. The van der Waals surface area contributed by atoms with E-state index in [1.807, 2.05) is 0 Å². The molecular formula is C24H22ClN3O5S. The first kappa shape index (κ1) is 24.9. The minimum atomic E-state index is -4.06. The van der Waals surface area contributed by atoms with Gasteiger partial charge in [0.15, 0.2) is 0 Å². The lowest BCUT2D eigenvalue weighted by Gasteiger charge is -2.25. The van der Waals surface area contributed by atoms with Crippen LogP contribution in [0.4, 0.5) is 5.69 Å². The number of nitrogens with zero attached hydrogens (tertiary/aromatic N) is 2. The Labute approximate surface area is 202 Å². The maximum Gasteiger partial charge on any atom is 0.308 e. The number of benzene rings is 3. The number of anilines is 1. The van der Waals surface area contributed by atoms with Crippen molar-refractivity contribution in [1.82, 2.24) is 5.43 Å². The monoisotopic (exact) mass is 499 g/mol. The third kappa shape index (κ3) is 6.21. The molecule has 0 heterocycles. The molecule has 0 bridgehead atoms. The first-order valence-electron chi connectivity index (χ1n) is 10.1.